The minimum absolute atomic E-state index is 0.267. The Morgan fingerprint density at radius 3 is 2.46 bits per heavy atom. The second kappa shape index (κ2) is 13.0. The number of pyridine rings is 1. The van der Waals surface area contributed by atoms with Crippen LogP contribution in [0.3, 0.4) is 0 Å². The van der Waals surface area contributed by atoms with Crippen LogP contribution < -0.4 is 16.3 Å². The molecule has 0 radical (unpaired) electrons. The van der Waals surface area contributed by atoms with Crippen molar-refractivity contribution in [1.29, 1.82) is 0 Å². The summed E-state index contributed by atoms with van der Waals surface area (Å²) in [5, 5.41) is 1.50. The predicted molar refractivity (Wildman–Crippen MR) is 138 cm³/mol. The molecule has 0 saturated heterocycles. The molecule has 1 aromatic heterocycles. The maximum absolute atomic E-state index is 12.3. The number of hydrogen-bond donors (Lipinski definition) is 2. The zero-order valence-corrected chi connectivity index (χ0v) is 21.2. The molecule has 35 heavy (non-hydrogen) atoms. The topological polar surface area (TPSA) is 107 Å². The molecule has 1 fully saturated rings. The number of aromatic nitrogens is 1. The standard InChI is InChI=1S/C27H39N5O3/c1-20-25(35-22-13-8-5-9-14-22)17-16-23(30-20)26(28)24(32(3)29)15-10-18-34-27(33)31(2)19-21-11-6-4-7-12-21/h4,6-7,11-12,16-17,22H,5,8-10,13-15,18-19,28-29H2,1-3H3/b26-24-. The predicted octanol–water partition coefficient (Wildman–Crippen LogP) is 4.58. The largest absolute Gasteiger partial charge is 0.489 e. The van der Waals surface area contributed by atoms with Crippen molar-refractivity contribution in [3.05, 3.63) is 65.1 Å². The van der Waals surface area contributed by atoms with Crippen molar-refractivity contribution >= 4 is 11.8 Å². The Kier molecular flexibility index (Phi) is 9.78. The molecule has 190 valence electrons. The summed E-state index contributed by atoms with van der Waals surface area (Å²) < 4.78 is 11.6. The van der Waals surface area contributed by atoms with Crippen molar-refractivity contribution in [2.75, 3.05) is 20.7 Å². The Balaban J connectivity index is 1.54. The molecule has 8 heteroatoms. The van der Waals surface area contributed by atoms with E-state index >= 15 is 0 Å². The van der Waals surface area contributed by atoms with Gasteiger partial charge in [-0.15, -0.1) is 0 Å². The third-order valence-corrected chi connectivity index (χ3v) is 6.25. The molecule has 0 atom stereocenters. The van der Waals surface area contributed by atoms with E-state index in [-0.39, 0.29) is 18.8 Å². The first-order valence-electron chi connectivity index (χ1n) is 12.4. The molecule has 2 aromatic rings. The highest BCUT2D eigenvalue weighted by molar-refractivity contribution is 5.67. The number of allylic oxidation sites excluding steroid dienone is 1. The van der Waals surface area contributed by atoms with Crippen LogP contribution in [0, 0.1) is 6.92 Å². The molecule has 0 unspecified atom stereocenters. The van der Waals surface area contributed by atoms with Crippen molar-refractivity contribution in [2.24, 2.45) is 11.6 Å². The number of aryl methyl sites for hydroxylation is 1. The highest BCUT2D eigenvalue weighted by Crippen LogP contribution is 2.27. The SMILES string of the molecule is Cc1nc(/C(N)=C(\CCCOC(=O)N(C)Cc2ccccc2)N(C)N)ccc1OC1CCCCC1. The monoisotopic (exact) mass is 481 g/mol. The second-order valence-electron chi connectivity index (χ2n) is 9.19. The number of nitrogens with two attached hydrogens (primary N) is 2. The summed E-state index contributed by atoms with van der Waals surface area (Å²) in [5.74, 6) is 6.88. The van der Waals surface area contributed by atoms with Gasteiger partial charge in [0.2, 0.25) is 0 Å². The van der Waals surface area contributed by atoms with Gasteiger partial charge in [0.05, 0.1) is 35.5 Å². The number of benzene rings is 1. The lowest BCUT2D eigenvalue weighted by Crippen LogP contribution is -2.29. The summed E-state index contributed by atoms with van der Waals surface area (Å²) in [7, 11) is 3.47. The molecule has 0 bridgehead atoms. The molecule has 1 amide bonds. The second-order valence-corrected chi connectivity index (χ2v) is 9.19. The molecule has 1 aliphatic carbocycles. The van der Waals surface area contributed by atoms with Gasteiger partial charge < -0.3 is 25.1 Å². The average molecular weight is 482 g/mol. The van der Waals surface area contributed by atoms with Gasteiger partial charge in [0.15, 0.2) is 0 Å². The molecule has 0 aliphatic heterocycles. The third-order valence-electron chi connectivity index (χ3n) is 6.25. The van der Waals surface area contributed by atoms with Crippen LogP contribution in [-0.2, 0) is 11.3 Å². The van der Waals surface area contributed by atoms with Gasteiger partial charge in [0, 0.05) is 20.6 Å². The van der Waals surface area contributed by atoms with Crippen LogP contribution in [0.1, 0.15) is 61.9 Å². The number of rotatable bonds is 10. The van der Waals surface area contributed by atoms with E-state index < -0.39 is 0 Å². The fourth-order valence-electron chi connectivity index (χ4n) is 4.27. The number of hydrazine groups is 1. The molecule has 8 nitrogen and oxygen atoms in total. The molecule has 1 aliphatic rings. The summed E-state index contributed by atoms with van der Waals surface area (Å²) in [5.41, 5.74) is 10.2. The first kappa shape index (κ1) is 26.3. The third kappa shape index (κ3) is 7.89. The van der Waals surface area contributed by atoms with Gasteiger partial charge in [-0.25, -0.2) is 15.6 Å². The van der Waals surface area contributed by atoms with Crippen LogP contribution in [0.2, 0.25) is 0 Å². The number of nitrogens with zero attached hydrogens (tertiary/aromatic N) is 3. The summed E-state index contributed by atoms with van der Waals surface area (Å²) in [6.07, 6.45) is 6.96. The van der Waals surface area contributed by atoms with E-state index in [0.717, 1.165) is 35.5 Å². The summed E-state index contributed by atoms with van der Waals surface area (Å²) >= 11 is 0. The zero-order valence-electron chi connectivity index (χ0n) is 21.2. The van der Waals surface area contributed by atoms with Crippen LogP contribution in [0.5, 0.6) is 5.75 Å². The molecule has 1 aromatic carbocycles. The Morgan fingerprint density at radius 1 is 1.09 bits per heavy atom. The number of carbonyl (C=O) groups excluding carboxylic acids is 1. The number of carbonyl (C=O) groups is 1. The van der Waals surface area contributed by atoms with Gasteiger partial charge >= 0.3 is 6.09 Å². The maximum atomic E-state index is 12.3. The lowest BCUT2D eigenvalue weighted by molar-refractivity contribution is 0.107. The van der Waals surface area contributed by atoms with Crippen LogP contribution in [-0.4, -0.2) is 47.8 Å². The van der Waals surface area contributed by atoms with Gasteiger partial charge in [-0.2, -0.15) is 0 Å². The first-order valence-corrected chi connectivity index (χ1v) is 12.4. The van der Waals surface area contributed by atoms with Crippen molar-refractivity contribution in [1.82, 2.24) is 14.9 Å². The molecule has 4 N–H and O–H groups in total. The van der Waals surface area contributed by atoms with E-state index in [0.29, 0.717) is 30.8 Å². The van der Waals surface area contributed by atoms with Gasteiger partial charge in [-0.1, -0.05) is 36.8 Å². The lowest BCUT2D eigenvalue weighted by Gasteiger charge is -2.24. The fraction of sp³-hybridized carbons (Fsp3) is 0.481. The smallest absolute Gasteiger partial charge is 0.409 e. The van der Waals surface area contributed by atoms with Gasteiger partial charge in [-0.05, 0) is 63.1 Å². The Hall–Kier alpha value is -3.26. The summed E-state index contributed by atoms with van der Waals surface area (Å²) in [4.78, 5) is 18.5. The van der Waals surface area contributed by atoms with Gasteiger partial charge in [0.1, 0.15) is 5.75 Å². The van der Waals surface area contributed by atoms with E-state index in [1.54, 1.807) is 19.0 Å². The molecule has 1 heterocycles. The van der Waals surface area contributed by atoms with E-state index in [2.05, 4.69) is 4.98 Å². The van der Waals surface area contributed by atoms with Crippen LogP contribution in [0.15, 0.2) is 48.2 Å². The molecule has 1 saturated carbocycles. The van der Waals surface area contributed by atoms with E-state index in [4.69, 9.17) is 21.1 Å². The van der Waals surface area contributed by atoms with Gasteiger partial charge in [-0.3, -0.25) is 0 Å². The zero-order chi connectivity index (χ0) is 25.2. The van der Waals surface area contributed by atoms with Crippen molar-refractivity contribution < 1.29 is 14.3 Å². The Morgan fingerprint density at radius 2 is 1.80 bits per heavy atom. The molecule has 3 rings (SSSR count). The molecular formula is C27H39N5O3. The van der Waals surface area contributed by atoms with Crippen molar-refractivity contribution in [3.63, 3.8) is 0 Å². The fourth-order valence-corrected chi connectivity index (χ4v) is 4.27. The van der Waals surface area contributed by atoms with E-state index in [9.17, 15) is 4.79 Å². The Labute approximate surface area is 208 Å². The minimum Gasteiger partial charge on any atom is -0.489 e. The van der Waals surface area contributed by atoms with E-state index in [1.165, 1.54) is 24.3 Å². The number of amides is 1. The van der Waals surface area contributed by atoms with Crippen LogP contribution in [0.25, 0.3) is 5.70 Å². The summed E-state index contributed by atoms with van der Waals surface area (Å²) in [6, 6.07) is 13.6. The lowest BCUT2D eigenvalue weighted by atomic mass is 9.98. The highest BCUT2D eigenvalue weighted by Gasteiger charge is 2.18. The van der Waals surface area contributed by atoms with E-state index in [1.807, 2.05) is 49.4 Å². The first-order chi connectivity index (χ1) is 16.8. The van der Waals surface area contributed by atoms with Crippen molar-refractivity contribution in [3.8, 4) is 5.75 Å². The van der Waals surface area contributed by atoms with Crippen LogP contribution in [0.4, 0.5) is 4.79 Å². The van der Waals surface area contributed by atoms with Gasteiger partial charge in [0.25, 0.3) is 0 Å². The minimum atomic E-state index is -0.362. The van der Waals surface area contributed by atoms with Crippen LogP contribution >= 0.6 is 0 Å². The summed E-state index contributed by atoms with van der Waals surface area (Å²) in [6.45, 7) is 2.70. The highest BCUT2D eigenvalue weighted by atomic mass is 16.6. The normalized spacial score (nSPS) is 14.7. The molecular weight excluding hydrogens is 442 g/mol. The van der Waals surface area contributed by atoms with Crippen molar-refractivity contribution in [2.45, 2.75) is 64.5 Å². The number of hydrogen-bond acceptors (Lipinski definition) is 7. The maximum Gasteiger partial charge on any atom is 0.409 e. The average Bonchev–Trinajstić information content (AvgIpc) is 2.85. The number of ether oxygens (including phenoxy) is 2. The quantitative estimate of drug-likeness (QED) is 0.290. The molecule has 0 spiro atoms. The Bertz CT molecular complexity index is 988.